The largest absolute Gasteiger partial charge is 0.402 e. The van der Waals surface area contributed by atoms with Crippen LogP contribution in [0.4, 0.5) is 29.9 Å². The number of nitrogens with zero attached hydrogens (tertiary/aromatic N) is 4. The number of anilines is 3. The van der Waals surface area contributed by atoms with Crippen LogP contribution >= 0.6 is 11.3 Å². The number of para-hydroxylation sites is 1. The molecule has 4 aromatic rings. The number of alkyl halides is 3. The van der Waals surface area contributed by atoms with Gasteiger partial charge in [0.1, 0.15) is 15.4 Å². The Labute approximate surface area is 247 Å². The van der Waals surface area contributed by atoms with Gasteiger partial charge in [0, 0.05) is 17.7 Å². The maximum atomic E-state index is 14.2. The Morgan fingerprint density at radius 1 is 1.02 bits per heavy atom. The molecule has 7 rings (SSSR count). The first-order valence-electron chi connectivity index (χ1n) is 13.9. The molecule has 3 aliphatic rings. The van der Waals surface area contributed by atoms with E-state index in [0.29, 0.717) is 42.5 Å². The highest BCUT2D eigenvalue weighted by atomic mass is 32.1. The summed E-state index contributed by atoms with van der Waals surface area (Å²) in [7, 11) is 0. The van der Waals surface area contributed by atoms with Crippen LogP contribution in [0.25, 0.3) is 11.6 Å². The minimum absolute atomic E-state index is 0.0208. The molecule has 2 aliphatic heterocycles. The van der Waals surface area contributed by atoms with E-state index in [2.05, 4.69) is 31.1 Å². The van der Waals surface area contributed by atoms with E-state index in [0.717, 1.165) is 22.5 Å². The van der Waals surface area contributed by atoms with Crippen molar-refractivity contribution < 1.29 is 27.1 Å². The molecule has 43 heavy (non-hydrogen) atoms. The fraction of sp³-hybridized carbons (Fsp3) is 0.345. The molecule has 1 amide bonds. The Bertz CT molecular complexity index is 1680. The summed E-state index contributed by atoms with van der Waals surface area (Å²) in [5.74, 6) is -0.526. The molecule has 1 saturated heterocycles. The van der Waals surface area contributed by atoms with Gasteiger partial charge in [0.2, 0.25) is 6.17 Å². The van der Waals surface area contributed by atoms with Gasteiger partial charge in [-0.1, -0.05) is 71.4 Å². The zero-order valence-electron chi connectivity index (χ0n) is 22.6. The second kappa shape index (κ2) is 10.8. The van der Waals surface area contributed by atoms with E-state index in [1.807, 2.05) is 48.5 Å². The van der Waals surface area contributed by atoms with E-state index >= 15 is 0 Å². The lowest BCUT2D eigenvalue weighted by Gasteiger charge is -2.41. The lowest BCUT2D eigenvalue weighted by molar-refractivity contribution is -0.212. The second-order valence-corrected chi connectivity index (χ2v) is 11.7. The highest BCUT2D eigenvalue weighted by Gasteiger charge is 2.61. The first-order chi connectivity index (χ1) is 20.8. The number of carbonyl (C=O) groups is 1. The lowest BCUT2D eigenvalue weighted by atomic mass is 9.68. The zero-order valence-corrected chi connectivity index (χ0v) is 23.5. The van der Waals surface area contributed by atoms with E-state index in [4.69, 9.17) is 14.1 Å². The van der Waals surface area contributed by atoms with Crippen LogP contribution in [0.15, 0.2) is 64.0 Å². The molecule has 0 radical (unpaired) electrons. The van der Waals surface area contributed by atoms with Gasteiger partial charge in [0.25, 0.3) is 11.8 Å². The first-order valence-corrected chi connectivity index (χ1v) is 14.7. The number of aliphatic imine (C=N–C) groups is 1. The van der Waals surface area contributed by atoms with Gasteiger partial charge in [-0.2, -0.15) is 13.2 Å². The van der Waals surface area contributed by atoms with E-state index in [-0.39, 0.29) is 41.5 Å². The van der Waals surface area contributed by atoms with E-state index in [9.17, 15) is 18.0 Å². The highest BCUT2D eigenvalue weighted by molar-refractivity contribution is 7.16. The number of rotatable bonds is 7. The van der Waals surface area contributed by atoms with Crippen molar-refractivity contribution in [2.24, 2.45) is 4.99 Å². The van der Waals surface area contributed by atoms with Crippen LogP contribution in [0.3, 0.4) is 0 Å². The van der Waals surface area contributed by atoms with Crippen molar-refractivity contribution in [3.8, 4) is 11.6 Å². The normalized spacial score (nSPS) is 21.3. The smallest absolute Gasteiger partial charge is 0.400 e. The van der Waals surface area contributed by atoms with Gasteiger partial charge in [-0.05, 0) is 25.3 Å². The predicted molar refractivity (Wildman–Crippen MR) is 154 cm³/mol. The maximum Gasteiger partial charge on any atom is 0.400 e. The number of amides is 1. The summed E-state index contributed by atoms with van der Waals surface area (Å²) in [5.41, 5.74) is 0.875. The maximum absolute atomic E-state index is 14.2. The van der Waals surface area contributed by atoms with Crippen molar-refractivity contribution >= 4 is 39.7 Å². The van der Waals surface area contributed by atoms with Gasteiger partial charge < -0.3 is 25.1 Å². The number of ether oxygens (including phenoxy) is 1. The molecule has 10 nitrogen and oxygen atoms in total. The van der Waals surface area contributed by atoms with Gasteiger partial charge in [0.05, 0.1) is 24.0 Å². The first kappa shape index (κ1) is 27.5. The van der Waals surface area contributed by atoms with Crippen molar-refractivity contribution in [2.45, 2.75) is 49.5 Å². The minimum atomic E-state index is -4.44. The average Bonchev–Trinajstić information content (AvgIpc) is 3.71. The van der Waals surface area contributed by atoms with Crippen LogP contribution in [0, 0.1) is 0 Å². The number of halogens is 3. The summed E-state index contributed by atoms with van der Waals surface area (Å²) >= 11 is 0.958. The van der Waals surface area contributed by atoms with Gasteiger partial charge in [0.15, 0.2) is 5.69 Å². The number of aromatic nitrogens is 3. The molecule has 3 N–H and O–H groups in total. The summed E-state index contributed by atoms with van der Waals surface area (Å²) in [6, 6.07) is 16.6. The minimum Gasteiger partial charge on any atom is -0.402 e. The molecule has 2 atom stereocenters. The van der Waals surface area contributed by atoms with Crippen LogP contribution in [-0.2, 0) is 14.9 Å². The SMILES string of the molecule is O=C1Nc2ccccc2C(c2ccccc2)=N[C@@H]1Nc1nnc(-c2nc(C3(C(F)(F)F)CCC3)sc2N[C@@H]2CCOC2)o1. The van der Waals surface area contributed by atoms with E-state index < -0.39 is 23.7 Å². The fourth-order valence-corrected chi connectivity index (χ4v) is 6.73. The number of nitrogens with one attached hydrogen (secondary N) is 3. The number of fused-ring (bicyclic) bond motifs is 1. The number of carbonyl (C=O) groups excluding carboxylic acids is 1. The second-order valence-electron chi connectivity index (χ2n) is 10.7. The summed E-state index contributed by atoms with van der Waals surface area (Å²) in [5, 5.41) is 17.5. The molecule has 1 aliphatic carbocycles. The summed E-state index contributed by atoms with van der Waals surface area (Å²) < 4.78 is 53.9. The average molecular weight is 610 g/mol. The molecule has 2 fully saturated rings. The molecule has 222 valence electrons. The molecule has 4 heterocycles. The molecule has 2 aromatic carbocycles. The van der Waals surface area contributed by atoms with Gasteiger partial charge in [-0.25, -0.2) is 9.98 Å². The highest BCUT2D eigenvalue weighted by Crippen LogP contribution is 2.57. The van der Waals surface area contributed by atoms with Crippen molar-refractivity contribution in [3.63, 3.8) is 0 Å². The summed E-state index contributed by atoms with van der Waals surface area (Å²) in [6.45, 7) is 0.979. The molecular formula is C29H26F3N7O3S. The third-order valence-electron chi connectivity index (χ3n) is 7.93. The van der Waals surface area contributed by atoms with Gasteiger partial charge >= 0.3 is 12.2 Å². The standard InChI is InChI=1S/C29H26F3N7O3S/c30-29(31,32)28(12-6-13-28)26-36-21(25(43-26)33-17-11-14-41-15-17)24-38-39-27(42-24)37-22-23(40)34-19-10-5-4-9-18(19)20(35-22)16-7-2-1-3-8-16/h1-5,7-10,17,22,33H,6,11-15H2,(H,34,40)(H,37,39)/t17-,22-/m1/s1. The Morgan fingerprint density at radius 3 is 2.53 bits per heavy atom. The molecule has 0 unspecified atom stereocenters. The Balaban J connectivity index is 1.22. The van der Waals surface area contributed by atoms with Crippen LogP contribution < -0.4 is 16.0 Å². The number of benzene rings is 2. The Kier molecular flexibility index (Phi) is 6.89. The molecule has 2 aromatic heterocycles. The van der Waals surface area contributed by atoms with Crippen molar-refractivity contribution in [2.75, 3.05) is 29.2 Å². The molecule has 14 heteroatoms. The Morgan fingerprint density at radius 2 is 1.81 bits per heavy atom. The monoisotopic (exact) mass is 609 g/mol. The molecule has 0 spiro atoms. The fourth-order valence-electron chi connectivity index (χ4n) is 5.43. The van der Waals surface area contributed by atoms with Crippen LogP contribution in [0.2, 0.25) is 0 Å². The van der Waals surface area contributed by atoms with Crippen molar-refractivity contribution in [1.82, 2.24) is 15.2 Å². The summed E-state index contributed by atoms with van der Waals surface area (Å²) in [4.78, 5) is 22.4. The predicted octanol–water partition coefficient (Wildman–Crippen LogP) is 5.61. The zero-order chi connectivity index (χ0) is 29.6. The van der Waals surface area contributed by atoms with Crippen LogP contribution in [0.5, 0.6) is 0 Å². The molecule has 1 saturated carbocycles. The van der Waals surface area contributed by atoms with Gasteiger partial charge in [-0.3, -0.25) is 4.79 Å². The van der Waals surface area contributed by atoms with Crippen LogP contribution in [0.1, 0.15) is 41.8 Å². The molecule has 0 bridgehead atoms. The number of benzodiazepines with no additional fused rings is 1. The number of hydrogen-bond donors (Lipinski definition) is 3. The van der Waals surface area contributed by atoms with E-state index in [1.54, 1.807) is 6.07 Å². The topological polar surface area (TPSA) is 127 Å². The lowest BCUT2D eigenvalue weighted by Crippen LogP contribution is -2.47. The third-order valence-corrected chi connectivity index (χ3v) is 9.12. The quantitative estimate of drug-likeness (QED) is 0.247. The Hall–Kier alpha value is -4.30. The van der Waals surface area contributed by atoms with E-state index in [1.165, 1.54) is 0 Å². The summed E-state index contributed by atoms with van der Waals surface area (Å²) in [6.07, 6.45) is -4.44. The third kappa shape index (κ3) is 5.03. The number of thiazole rings is 1. The van der Waals surface area contributed by atoms with Crippen LogP contribution in [-0.4, -0.2) is 58.4 Å². The van der Waals surface area contributed by atoms with Crippen molar-refractivity contribution in [3.05, 3.63) is 70.7 Å². The van der Waals surface area contributed by atoms with Crippen molar-refractivity contribution in [1.29, 1.82) is 0 Å². The molecular weight excluding hydrogens is 583 g/mol. The number of hydrogen-bond acceptors (Lipinski definition) is 10. The van der Waals surface area contributed by atoms with Gasteiger partial charge in [-0.15, -0.1) is 5.10 Å².